The third-order valence-electron chi connectivity index (χ3n) is 2.71. The zero-order valence-corrected chi connectivity index (χ0v) is 14.2. The lowest BCUT2D eigenvalue weighted by atomic mass is 10.1. The van der Waals surface area contributed by atoms with Crippen LogP contribution in [0.25, 0.3) is 0 Å². The summed E-state index contributed by atoms with van der Waals surface area (Å²) in [7, 11) is -3.74. The van der Waals surface area contributed by atoms with Gasteiger partial charge in [0.1, 0.15) is 4.90 Å². The van der Waals surface area contributed by atoms with E-state index in [4.69, 9.17) is 22.6 Å². The topological polar surface area (TPSA) is 96.0 Å². The summed E-state index contributed by atoms with van der Waals surface area (Å²) in [6.45, 7) is 4.20. The molecule has 0 aromatic heterocycles. The van der Waals surface area contributed by atoms with Crippen molar-refractivity contribution in [1.82, 2.24) is 4.72 Å². The summed E-state index contributed by atoms with van der Waals surface area (Å²) in [5.41, 5.74) is 5.90. The number of hydrogen-bond donors (Lipinski definition) is 2. The normalized spacial score (nSPS) is 12.6. The highest BCUT2D eigenvalue weighted by Crippen LogP contribution is 2.23. The lowest BCUT2D eigenvalue weighted by Gasteiger charge is -2.19. The first-order valence-corrected chi connectivity index (χ1v) is 8.08. The highest BCUT2D eigenvalue weighted by atomic mass is 35.5. The molecule has 0 radical (unpaired) electrons. The van der Waals surface area contributed by atoms with Gasteiger partial charge in [-0.15, -0.1) is 12.4 Å². The zero-order chi connectivity index (χ0) is 15.3. The lowest BCUT2D eigenvalue weighted by Crippen LogP contribution is -2.41. The fourth-order valence-corrected chi connectivity index (χ4v) is 3.64. The zero-order valence-electron chi connectivity index (χ0n) is 11.8. The number of sulfonamides is 1. The highest BCUT2D eigenvalue weighted by molar-refractivity contribution is 7.89. The van der Waals surface area contributed by atoms with Gasteiger partial charge in [0.05, 0.1) is 16.7 Å². The smallest absolute Gasteiger partial charge is 0.242 e. The van der Waals surface area contributed by atoms with Crippen LogP contribution < -0.4 is 10.5 Å². The van der Waals surface area contributed by atoms with Crippen LogP contribution in [0.4, 0.5) is 0 Å². The van der Waals surface area contributed by atoms with E-state index in [0.717, 1.165) is 0 Å². The summed E-state index contributed by atoms with van der Waals surface area (Å²) in [6, 6.07) is 5.64. The van der Waals surface area contributed by atoms with Crippen molar-refractivity contribution in [3.63, 3.8) is 0 Å². The molecule has 1 atom stereocenters. The van der Waals surface area contributed by atoms with Gasteiger partial charge in [-0.3, -0.25) is 0 Å². The van der Waals surface area contributed by atoms with Crippen LogP contribution in [0.5, 0.6) is 0 Å². The third-order valence-corrected chi connectivity index (χ3v) is 4.72. The molecule has 0 spiro atoms. The molecule has 0 aliphatic carbocycles. The number of nitriles is 1. The first-order valence-electron chi connectivity index (χ1n) is 6.22. The molecule has 0 aliphatic heterocycles. The average Bonchev–Trinajstić information content (AvgIpc) is 2.36. The molecule has 1 aromatic carbocycles. The maximum Gasteiger partial charge on any atom is 0.242 e. The second-order valence-electron chi connectivity index (χ2n) is 4.94. The van der Waals surface area contributed by atoms with Crippen LogP contribution in [0.15, 0.2) is 23.1 Å². The van der Waals surface area contributed by atoms with Crippen LogP contribution in [-0.4, -0.2) is 21.0 Å². The van der Waals surface area contributed by atoms with Crippen LogP contribution >= 0.6 is 24.0 Å². The summed E-state index contributed by atoms with van der Waals surface area (Å²) in [6.07, 6.45) is 0.642. The molecule has 3 N–H and O–H groups in total. The predicted molar refractivity (Wildman–Crippen MR) is 86.0 cm³/mol. The summed E-state index contributed by atoms with van der Waals surface area (Å²) in [5, 5.41) is 8.77. The molecule has 8 heteroatoms. The molecule has 0 saturated carbocycles. The molecule has 0 aliphatic rings. The average molecular weight is 352 g/mol. The van der Waals surface area contributed by atoms with Gasteiger partial charge in [-0.1, -0.05) is 25.4 Å². The number of rotatable bonds is 6. The minimum absolute atomic E-state index is 0. The van der Waals surface area contributed by atoms with Crippen molar-refractivity contribution in [1.29, 1.82) is 5.26 Å². The first-order chi connectivity index (χ1) is 9.30. The van der Waals surface area contributed by atoms with Crippen molar-refractivity contribution >= 4 is 34.0 Å². The molecule has 0 bridgehead atoms. The maximum absolute atomic E-state index is 12.3. The van der Waals surface area contributed by atoms with E-state index in [1.807, 2.05) is 19.9 Å². The van der Waals surface area contributed by atoms with E-state index in [-0.39, 0.29) is 34.9 Å². The van der Waals surface area contributed by atoms with Gasteiger partial charge in [-0.05, 0) is 30.5 Å². The Balaban J connectivity index is 0.00000400. The van der Waals surface area contributed by atoms with Crippen LogP contribution in [0.2, 0.25) is 5.02 Å². The molecule has 0 heterocycles. The van der Waals surface area contributed by atoms with Gasteiger partial charge >= 0.3 is 0 Å². The van der Waals surface area contributed by atoms with E-state index in [0.29, 0.717) is 17.9 Å². The molecule has 0 amide bonds. The van der Waals surface area contributed by atoms with Gasteiger partial charge in [0.25, 0.3) is 0 Å². The van der Waals surface area contributed by atoms with E-state index in [1.54, 1.807) is 0 Å². The van der Waals surface area contributed by atoms with Gasteiger partial charge in [0.2, 0.25) is 10.0 Å². The minimum Gasteiger partial charge on any atom is -0.329 e. The fraction of sp³-hybridized carbons (Fsp3) is 0.462. The first kappa shape index (κ1) is 20.2. The summed E-state index contributed by atoms with van der Waals surface area (Å²) < 4.78 is 27.1. The highest BCUT2D eigenvalue weighted by Gasteiger charge is 2.22. The number of benzene rings is 1. The molecular weight excluding hydrogens is 333 g/mol. The number of halogens is 2. The second kappa shape index (κ2) is 8.57. The standard InChI is InChI=1S/C13H18ClN3O2S.ClH/c1-9(2)5-11(8-16)17-20(18,19)13-4-3-10(7-15)6-12(13)14;/h3-4,6,9,11,17H,5,8,16H2,1-2H3;1H. The van der Waals surface area contributed by atoms with Crippen LogP contribution in [0.3, 0.4) is 0 Å². The van der Waals surface area contributed by atoms with Crippen LogP contribution in [-0.2, 0) is 10.0 Å². The van der Waals surface area contributed by atoms with Crippen molar-refractivity contribution in [2.75, 3.05) is 6.54 Å². The van der Waals surface area contributed by atoms with E-state index in [2.05, 4.69) is 4.72 Å². The van der Waals surface area contributed by atoms with E-state index in [9.17, 15) is 8.42 Å². The lowest BCUT2D eigenvalue weighted by molar-refractivity contribution is 0.465. The summed E-state index contributed by atoms with van der Waals surface area (Å²) >= 11 is 5.92. The van der Waals surface area contributed by atoms with Crippen molar-refractivity contribution in [3.8, 4) is 6.07 Å². The molecule has 21 heavy (non-hydrogen) atoms. The SMILES string of the molecule is CC(C)CC(CN)NS(=O)(=O)c1ccc(C#N)cc1Cl.Cl. The number of hydrogen-bond acceptors (Lipinski definition) is 4. The summed E-state index contributed by atoms with van der Waals surface area (Å²) in [5.74, 6) is 0.322. The molecule has 0 fully saturated rings. The predicted octanol–water partition coefficient (Wildman–Crippen LogP) is 2.29. The molecular formula is C13H19Cl2N3O2S. The quantitative estimate of drug-likeness (QED) is 0.821. The third kappa shape index (κ3) is 5.81. The Bertz CT molecular complexity index is 612. The Labute approximate surface area is 136 Å². The Morgan fingerprint density at radius 2 is 2.05 bits per heavy atom. The largest absolute Gasteiger partial charge is 0.329 e. The van der Waals surface area contributed by atoms with Crippen molar-refractivity contribution in [2.45, 2.75) is 31.2 Å². The van der Waals surface area contributed by atoms with Gasteiger partial charge in [0.15, 0.2) is 0 Å². The van der Waals surface area contributed by atoms with Crippen molar-refractivity contribution < 1.29 is 8.42 Å². The van der Waals surface area contributed by atoms with E-state index >= 15 is 0 Å². The minimum atomic E-state index is -3.74. The number of nitrogens with zero attached hydrogens (tertiary/aromatic N) is 1. The second-order valence-corrected chi connectivity index (χ2v) is 7.03. The molecule has 118 valence electrons. The molecule has 0 saturated heterocycles. The maximum atomic E-state index is 12.3. The molecule has 1 rings (SSSR count). The summed E-state index contributed by atoms with van der Waals surface area (Å²) in [4.78, 5) is -0.0413. The Hall–Kier alpha value is -0.840. The van der Waals surface area contributed by atoms with Crippen LogP contribution in [0.1, 0.15) is 25.8 Å². The molecule has 1 aromatic rings. The Morgan fingerprint density at radius 1 is 1.43 bits per heavy atom. The monoisotopic (exact) mass is 351 g/mol. The van der Waals surface area contributed by atoms with Gasteiger partial charge in [-0.2, -0.15) is 5.26 Å². The Morgan fingerprint density at radius 3 is 2.48 bits per heavy atom. The van der Waals surface area contributed by atoms with E-state index in [1.165, 1.54) is 18.2 Å². The fourth-order valence-electron chi connectivity index (χ4n) is 1.83. The van der Waals surface area contributed by atoms with Gasteiger partial charge < -0.3 is 5.73 Å². The van der Waals surface area contributed by atoms with Crippen LogP contribution in [0, 0.1) is 17.2 Å². The van der Waals surface area contributed by atoms with E-state index < -0.39 is 10.0 Å². The van der Waals surface area contributed by atoms with Gasteiger partial charge in [0, 0.05) is 12.6 Å². The van der Waals surface area contributed by atoms with Crippen molar-refractivity contribution in [2.24, 2.45) is 11.7 Å². The van der Waals surface area contributed by atoms with Gasteiger partial charge in [-0.25, -0.2) is 13.1 Å². The Kier molecular flexibility index (Phi) is 8.22. The van der Waals surface area contributed by atoms with Crippen molar-refractivity contribution in [3.05, 3.63) is 28.8 Å². The number of nitrogens with one attached hydrogen (secondary N) is 1. The molecule has 5 nitrogen and oxygen atoms in total. The molecule has 1 unspecified atom stereocenters. The number of nitrogens with two attached hydrogens (primary N) is 1.